The molecule has 0 atom stereocenters. The molecule has 0 unspecified atom stereocenters. The molecular weight excluding hydrogens is 282 g/mol. The van der Waals surface area contributed by atoms with Crippen molar-refractivity contribution >= 4 is 23.4 Å². The number of ether oxygens (including phenoxy) is 1. The van der Waals surface area contributed by atoms with E-state index in [1.807, 2.05) is 56.5 Å². The number of nitrogens with one attached hydrogen (secondary N) is 1. The second-order valence-corrected chi connectivity index (χ2v) is 5.77. The van der Waals surface area contributed by atoms with Crippen LogP contribution in [0.2, 0.25) is 0 Å². The first kappa shape index (κ1) is 15.4. The van der Waals surface area contributed by atoms with Gasteiger partial charge in [0.1, 0.15) is 5.75 Å². The molecule has 0 aromatic heterocycles. The fourth-order valence-corrected chi connectivity index (χ4v) is 2.44. The number of benzene rings is 2. The zero-order chi connectivity index (χ0) is 15.2. The van der Waals surface area contributed by atoms with Crippen LogP contribution in [0.3, 0.4) is 0 Å². The van der Waals surface area contributed by atoms with Crippen LogP contribution < -0.4 is 10.1 Å². The van der Waals surface area contributed by atoms with Crippen molar-refractivity contribution in [1.29, 1.82) is 0 Å². The summed E-state index contributed by atoms with van der Waals surface area (Å²) in [6.45, 7) is 4.02. The highest BCUT2D eigenvalue weighted by atomic mass is 32.2. The van der Waals surface area contributed by atoms with Crippen molar-refractivity contribution in [2.24, 2.45) is 0 Å². The fourth-order valence-electron chi connectivity index (χ4n) is 2.04. The monoisotopic (exact) mass is 301 g/mol. The van der Waals surface area contributed by atoms with E-state index in [9.17, 15) is 4.79 Å². The Hall–Kier alpha value is -1.94. The van der Waals surface area contributed by atoms with E-state index in [2.05, 4.69) is 11.4 Å². The molecule has 0 radical (unpaired) electrons. The van der Waals surface area contributed by atoms with Crippen LogP contribution in [0.25, 0.3) is 0 Å². The molecule has 1 N–H and O–H groups in total. The maximum atomic E-state index is 11.9. The molecule has 0 spiro atoms. The van der Waals surface area contributed by atoms with E-state index in [1.165, 1.54) is 4.90 Å². The summed E-state index contributed by atoms with van der Waals surface area (Å²) in [5.41, 5.74) is 3.03. The Balaban J connectivity index is 1.89. The maximum absolute atomic E-state index is 11.9. The third kappa shape index (κ3) is 4.83. The third-order valence-corrected chi connectivity index (χ3v) is 3.68. The van der Waals surface area contributed by atoms with Gasteiger partial charge in [-0.2, -0.15) is 0 Å². The van der Waals surface area contributed by atoms with E-state index >= 15 is 0 Å². The van der Waals surface area contributed by atoms with Crippen LogP contribution in [0.15, 0.2) is 47.4 Å². The van der Waals surface area contributed by atoms with Crippen molar-refractivity contribution in [3.05, 3.63) is 53.6 Å². The highest BCUT2D eigenvalue weighted by Crippen LogP contribution is 2.18. The van der Waals surface area contributed by atoms with E-state index in [4.69, 9.17) is 4.74 Å². The van der Waals surface area contributed by atoms with Gasteiger partial charge in [-0.25, -0.2) is 0 Å². The van der Waals surface area contributed by atoms with Gasteiger partial charge in [0.2, 0.25) is 0 Å². The van der Waals surface area contributed by atoms with Gasteiger partial charge in [0, 0.05) is 10.6 Å². The van der Waals surface area contributed by atoms with E-state index in [0.29, 0.717) is 0 Å². The van der Waals surface area contributed by atoms with E-state index in [-0.39, 0.29) is 12.5 Å². The van der Waals surface area contributed by atoms with Crippen LogP contribution in [-0.2, 0) is 4.79 Å². The van der Waals surface area contributed by atoms with Crippen molar-refractivity contribution in [3.63, 3.8) is 0 Å². The maximum Gasteiger partial charge on any atom is 0.262 e. The lowest BCUT2D eigenvalue weighted by molar-refractivity contribution is -0.118. The van der Waals surface area contributed by atoms with Gasteiger partial charge in [0.05, 0.1) is 0 Å². The van der Waals surface area contributed by atoms with Gasteiger partial charge in [0.25, 0.3) is 5.91 Å². The number of anilines is 1. The molecule has 0 saturated heterocycles. The first-order chi connectivity index (χ1) is 10.1. The number of hydrogen-bond donors (Lipinski definition) is 1. The minimum atomic E-state index is -0.161. The predicted molar refractivity (Wildman–Crippen MR) is 88.3 cm³/mol. The number of carbonyl (C=O) groups is 1. The van der Waals surface area contributed by atoms with Crippen molar-refractivity contribution < 1.29 is 9.53 Å². The molecule has 0 aliphatic heterocycles. The molecule has 4 heteroatoms. The molecule has 21 heavy (non-hydrogen) atoms. The molecule has 0 bridgehead atoms. The van der Waals surface area contributed by atoms with E-state index < -0.39 is 0 Å². The Labute approximate surface area is 129 Å². The van der Waals surface area contributed by atoms with Gasteiger partial charge < -0.3 is 10.1 Å². The number of rotatable bonds is 5. The second-order valence-electron chi connectivity index (χ2n) is 4.89. The molecule has 0 heterocycles. The Morgan fingerprint density at radius 2 is 1.71 bits per heavy atom. The summed E-state index contributed by atoms with van der Waals surface area (Å²) in [5, 5.41) is 2.82. The van der Waals surface area contributed by atoms with Gasteiger partial charge in [-0.1, -0.05) is 6.07 Å². The predicted octanol–water partition coefficient (Wildman–Crippen LogP) is 4.04. The van der Waals surface area contributed by atoms with Crippen molar-refractivity contribution in [2.45, 2.75) is 18.7 Å². The molecule has 110 valence electrons. The van der Waals surface area contributed by atoms with Crippen molar-refractivity contribution in [3.8, 4) is 5.75 Å². The lowest BCUT2D eigenvalue weighted by Crippen LogP contribution is -2.20. The topological polar surface area (TPSA) is 38.3 Å². The molecular formula is C17H19NO2S. The number of thioether (sulfide) groups is 1. The average molecular weight is 301 g/mol. The zero-order valence-corrected chi connectivity index (χ0v) is 13.3. The average Bonchev–Trinajstić information content (AvgIpc) is 2.45. The summed E-state index contributed by atoms with van der Waals surface area (Å²) in [6.07, 6.45) is 2.02. The summed E-state index contributed by atoms with van der Waals surface area (Å²) in [7, 11) is 0. The van der Waals surface area contributed by atoms with Crippen molar-refractivity contribution in [1.82, 2.24) is 0 Å². The summed E-state index contributed by atoms with van der Waals surface area (Å²) in [6, 6.07) is 13.7. The lowest BCUT2D eigenvalue weighted by Gasteiger charge is -2.09. The number of carbonyl (C=O) groups excluding carboxylic acids is 1. The highest BCUT2D eigenvalue weighted by Gasteiger charge is 2.04. The van der Waals surface area contributed by atoms with Crippen LogP contribution in [0, 0.1) is 13.8 Å². The quantitative estimate of drug-likeness (QED) is 0.847. The molecule has 1 amide bonds. The number of hydrogen-bond acceptors (Lipinski definition) is 3. The van der Waals surface area contributed by atoms with Gasteiger partial charge in [0.15, 0.2) is 6.61 Å². The molecule has 0 saturated carbocycles. The van der Waals surface area contributed by atoms with E-state index in [0.717, 1.165) is 22.6 Å². The van der Waals surface area contributed by atoms with Crippen LogP contribution >= 0.6 is 11.8 Å². The number of amides is 1. The first-order valence-corrected chi connectivity index (χ1v) is 7.94. The summed E-state index contributed by atoms with van der Waals surface area (Å²) >= 11 is 1.67. The van der Waals surface area contributed by atoms with Gasteiger partial charge in [-0.3, -0.25) is 4.79 Å². The zero-order valence-electron chi connectivity index (χ0n) is 12.5. The SMILES string of the molecule is CSc1ccc(NC(=O)COc2cc(C)cc(C)c2)cc1. The molecule has 0 aliphatic carbocycles. The van der Waals surface area contributed by atoms with Gasteiger partial charge in [-0.05, 0) is 67.6 Å². The molecule has 0 aliphatic rings. The molecule has 2 aromatic carbocycles. The Kier molecular flexibility index (Phi) is 5.28. The van der Waals surface area contributed by atoms with Crippen LogP contribution in [0.5, 0.6) is 5.75 Å². The Morgan fingerprint density at radius 1 is 1.10 bits per heavy atom. The third-order valence-electron chi connectivity index (χ3n) is 2.94. The fraction of sp³-hybridized carbons (Fsp3) is 0.235. The molecule has 2 aromatic rings. The normalized spacial score (nSPS) is 10.2. The summed E-state index contributed by atoms with van der Waals surface area (Å²) in [4.78, 5) is 13.0. The standard InChI is InChI=1S/C17H19NO2S/c1-12-8-13(2)10-15(9-12)20-11-17(19)18-14-4-6-16(21-3)7-5-14/h4-10H,11H2,1-3H3,(H,18,19). The van der Waals surface area contributed by atoms with Crippen LogP contribution in [0.4, 0.5) is 5.69 Å². The largest absolute Gasteiger partial charge is 0.484 e. The smallest absolute Gasteiger partial charge is 0.262 e. The van der Waals surface area contributed by atoms with Crippen LogP contribution in [0.1, 0.15) is 11.1 Å². The van der Waals surface area contributed by atoms with Crippen LogP contribution in [-0.4, -0.2) is 18.8 Å². The molecule has 3 nitrogen and oxygen atoms in total. The Morgan fingerprint density at radius 3 is 2.29 bits per heavy atom. The minimum absolute atomic E-state index is 0.00712. The van der Waals surface area contributed by atoms with Crippen molar-refractivity contribution in [2.75, 3.05) is 18.2 Å². The summed E-state index contributed by atoms with van der Waals surface area (Å²) < 4.78 is 5.53. The van der Waals surface area contributed by atoms with Gasteiger partial charge in [-0.15, -0.1) is 11.8 Å². The van der Waals surface area contributed by atoms with E-state index in [1.54, 1.807) is 11.8 Å². The molecule has 0 fully saturated rings. The van der Waals surface area contributed by atoms with Gasteiger partial charge >= 0.3 is 0 Å². The lowest BCUT2D eigenvalue weighted by atomic mass is 10.1. The Bertz CT molecular complexity index is 603. The molecule has 2 rings (SSSR count). The minimum Gasteiger partial charge on any atom is -0.484 e. The number of aryl methyl sites for hydroxylation is 2. The second kappa shape index (κ2) is 7.18. The summed E-state index contributed by atoms with van der Waals surface area (Å²) in [5.74, 6) is 0.562. The highest BCUT2D eigenvalue weighted by molar-refractivity contribution is 7.98. The first-order valence-electron chi connectivity index (χ1n) is 6.72.